The standard InChI is InChI=1S/C59H92N4O15/c1-9-17-68-22-24-70-26-28-72-30-32-74-34-35-75-33-31-73-29-27-71-25-23-69-21-15-59(66)60-16-14-20-78-56-39-52(49(6)65)54(61-42-47(4)36-46(3)10-2)41-58(56)77-19-13-11-12-18-76-57-40-53(50(45-64)38-55(57)67-8)62-43-51-37-48(5)44-63(51)7/h10,38-45,47,51H,9,11-37H2,1-8H3,(H,60,66)/b46-10-,61-42-,62-43-. The first-order chi connectivity index (χ1) is 38.0. The van der Waals surface area contributed by atoms with E-state index in [1.54, 1.807) is 31.4 Å². The molecule has 0 aliphatic carbocycles. The van der Waals surface area contributed by atoms with Crippen LogP contribution in [0.3, 0.4) is 0 Å². The minimum absolute atomic E-state index is 0.119. The molecule has 3 rings (SSSR count). The number of hydrogen-bond donors (Lipinski definition) is 1. The molecule has 1 amide bonds. The number of carbonyl (C=O) groups excluding carboxylic acids is 3. The molecule has 0 radical (unpaired) electrons. The maximum Gasteiger partial charge on any atom is 0.222 e. The van der Waals surface area contributed by atoms with Crippen molar-refractivity contribution in [2.45, 2.75) is 99.0 Å². The topological polar surface area (TPSA) is 202 Å². The lowest BCUT2D eigenvalue weighted by Crippen LogP contribution is -2.26. The Kier molecular flexibility index (Phi) is 36.7. The van der Waals surface area contributed by atoms with Gasteiger partial charge in [-0.1, -0.05) is 31.1 Å². The van der Waals surface area contributed by atoms with Crippen LogP contribution in [0.15, 0.2) is 57.7 Å². The SMILES string of the molecule is C/C=C(/C)CC(C)/C=N\c1cc(OCCCCCOc2cc(/N=C\C3CC(C)=CN3C)c(C=O)cc2OC)c(OCCCNC(=O)CCOCCOCCOCCOCCOCCOCCOCCOCCC)cc1C(C)=O. The van der Waals surface area contributed by atoms with E-state index in [2.05, 4.69) is 55.2 Å². The van der Waals surface area contributed by atoms with E-state index in [0.717, 1.165) is 45.0 Å². The van der Waals surface area contributed by atoms with Gasteiger partial charge >= 0.3 is 0 Å². The molecule has 0 bridgehead atoms. The first-order valence-corrected chi connectivity index (χ1v) is 27.7. The molecule has 0 fully saturated rings. The van der Waals surface area contributed by atoms with Gasteiger partial charge in [0.1, 0.15) is 0 Å². The second kappa shape index (κ2) is 42.7. The summed E-state index contributed by atoms with van der Waals surface area (Å²) in [6, 6.07) is 6.98. The van der Waals surface area contributed by atoms with Gasteiger partial charge in [0.15, 0.2) is 35.1 Å². The summed E-state index contributed by atoms with van der Waals surface area (Å²) in [6.07, 6.45) is 14.4. The maximum absolute atomic E-state index is 12.9. The lowest BCUT2D eigenvalue weighted by molar-refractivity contribution is -0.122. The minimum Gasteiger partial charge on any atom is -0.493 e. The monoisotopic (exact) mass is 1100 g/mol. The number of carbonyl (C=O) groups is 3. The number of aliphatic imine (C=N–C) groups is 2. The molecule has 2 aromatic carbocycles. The molecule has 19 heteroatoms. The molecular weight excluding hydrogens is 1000 g/mol. The number of allylic oxidation sites excluding steroid dienone is 2. The second-order valence-corrected chi connectivity index (χ2v) is 18.8. The Morgan fingerprint density at radius 2 is 1.17 bits per heavy atom. The van der Waals surface area contributed by atoms with E-state index < -0.39 is 0 Å². The summed E-state index contributed by atoms with van der Waals surface area (Å²) in [5.41, 5.74) is 4.41. The van der Waals surface area contributed by atoms with E-state index in [-0.39, 0.29) is 43.3 Å². The van der Waals surface area contributed by atoms with Crippen molar-refractivity contribution in [3.05, 3.63) is 58.8 Å². The molecule has 0 saturated heterocycles. The van der Waals surface area contributed by atoms with Crippen LogP contribution < -0.4 is 24.3 Å². The summed E-state index contributed by atoms with van der Waals surface area (Å²) in [5, 5.41) is 2.91. The van der Waals surface area contributed by atoms with Crippen molar-refractivity contribution in [3.63, 3.8) is 0 Å². The minimum atomic E-state index is -0.146. The molecule has 2 aromatic rings. The Bertz CT molecular complexity index is 2120. The van der Waals surface area contributed by atoms with Crippen LogP contribution in [0.1, 0.15) is 114 Å². The third-order valence-corrected chi connectivity index (χ3v) is 12.0. The molecule has 78 heavy (non-hydrogen) atoms. The van der Waals surface area contributed by atoms with Crippen molar-refractivity contribution in [1.29, 1.82) is 0 Å². The molecule has 0 spiro atoms. The Labute approximate surface area is 464 Å². The zero-order valence-electron chi connectivity index (χ0n) is 48.1. The Hall–Kier alpha value is -5.25. The molecular formula is C59H92N4O15. The lowest BCUT2D eigenvalue weighted by Gasteiger charge is -2.17. The summed E-state index contributed by atoms with van der Waals surface area (Å²) in [6.45, 7) is 21.1. The van der Waals surface area contributed by atoms with Crippen molar-refractivity contribution < 1.29 is 71.2 Å². The summed E-state index contributed by atoms with van der Waals surface area (Å²) in [7, 11) is 3.55. The van der Waals surface area contributed by atoms with Crippen LogP contribution in [0, 0.1) is 5.92 Å². The van der Waals surface area contributed by atoms with Crippen LogP contribution in [0.25, 0.3) is 0 Å². The van der Waals surface area contributed by atoms with Crippen LogP contribution in [0.2, 0.25) is 0 Å². The van der Waals surface area contributed by atoms with E-state index in [0.29, 0.717) is 171 Å². The Balaban J connectivity index is 1.33. The zero-order chi connectivity index (χ0) is 56.4. The number of Topliss-reactive ketones (excluding diaryl/α,β-unsaturated/α-hetero) is 1. The van der Waals surface area contributed by atoms with Gasteiger partial charge < -0.3 is 67.1 Å². The van der Waals surface area contributed by atoms with Gasteiger partial charge in [-0.25, -0.2) is 0 Å². The zero-order valence-corrected chi connectivity index (χ0v) is 48.1. The van der Waals surface area contributed by atoms with E-state index in [4.69, 9.17) is 61.8 Å². The highest BCUT2D eigenvalue weighted by Crippen LogP contribution is 2.37. The average molecular weight is 1100 g/mol. The summed E-state index contributed by atoms with van der Waals surface area (Å²) < 4.78 is 68.2. The van der Waals surface area contributed by atoms with E-state index in [1.165, 1.54) is 18.1 Å². The van der Waals surface area contributed by atoms with Gasteiger partial charge in [-0.2, -0.15) is 0 Å². The van der Waals surface area contributed by atoms with Gasteiger partial charge in [0.25, 0.3) is 0 Å². The number of rotatable bonds is 48. The number of ether oxygens (including phenoxy) is 12. The van der Waals surface area contributed by atoms with Gasteiger partial charge in [-0.15, -0.1) is 0 Å². The van der Waals surface area contributed by atoms with E-state index in [9.17, 15) is 14.4 Å². The molecule has 19 nitrogen and oxygen atoms in total. The second-order valence-electron chi connectivity index (χ2n) is 18.8. The van der Waals surface area contributed by atoms with Crippen molar-refractivity contribution in [2.75, 3.05) is 146 Å². The molecule has 1 aliphatic heterocycles. The average Bonchev–Trinajstić information content (AvgIpc) is 3.78. The number of methoxy groups -OCH3 is 1. The van der Waals surface area contributed by atoms with Crippen LogP contribution in [0.5, 0.6) is 23.0 Å². The number of amides is 1. The largest absolute Gasteiger partial charge is 0.493 e. The lowest BCUT2D eigenvalue weighted by atomic mass is 10.0. The van der Waals surface area contributed by atoms with Gasteiger partial charge in [0, 0.05) is 62.3 Å². The first-order valence-electron chi connectivity index (χ1n) is 27.7. The summed E-state index contributed by atoms with van der Waals surface area (Å²) >= 11 is 0. The smallest absolute Gasteiger partial charge is 0.222 e. The van der Waals surface area contributed by atoms with Gasteiger partial charge in [-0.3, -0.25) is 24.4 Å². The molecule has 0 saturated carbocycles. The molecule has 0 aromatic heterocycles. The maximum atomic E-state index is 12.9. The van der Waals surface area contributed by atoms with Crippen LogP contribution in [0.4, 0.5) is 11.4 Å². The number of nitrogens with one attached hydrogen (secondary N) is 1. The van der Waals surface area contributed by atoms with E-state index in [1.807, 2.05) is 26.4 Å². The predicted molar refractivity (Wildman–Crippen MR) is 304 cm³/mol. The molecule has 1 aliphatic rings. The Morgan fingerprint density at radius 3 is 1.65 bits per heavy atom. The van der Waals surface area contributed by atoms with Crippen LogP contribution in [-0.2, 0) is 42.7 Å². The highest BCUT2D eigenvalue weighted by molar-refractivity contribution is 6.00. The summed E-state index contributed by atoms with van der Waals surface area (Å²) in [5.74, 6) is 1.76. The third kappa shape index (κ3) is 29.6. The fourth-order valence-corrected chi connectivity index (χ4v) is 7.65. The fourth-order valence-electron chi connectivity index (χ4n) is 7.65. The van der Waals surface area contributed by atoms with Gasteiger partial charge in [0.2, 0.25) is 5.91 Å². The number of hydrogen-bond acceptors (Lipinski definition) is 18. The molecule has 2 unspecified atom stereocenters. The molecule has 2 atom stereocenters. The highest BCUT2D eigenvalue weighted by Gasteiger charge is 2.19. The normalized spacial score (nSPS) is 14.1. The Morgan fingerprint density at radius 1 is 0.667 bits per heavy atom. The first kappa shape index (κ1) is 67.0. The van der Waals surface area contributed by atoms with Crippen molar-refractivity contribution in [3.8, 4) is 23.0 Å². The number of benzene rings is 2. The number of aldehydes is 1. The van der Waals surface area contributed by atoms with Crippen molar-refractivity contribution in [2.24, 2.45) is 15.9 Å². The highest BCUT2D eigenvalue weighted by atomic mass is 16.6. The molecule has 1 heterocycles. The summed E-state index contributed by atoms with van der Waals surface area (Å²) in [4.78, 5) is 48.9. The quantitative estimate of drug-likeness (QED) is 0.0216. The third-order valence-electron chi connectivity index (χ3n) is 12.0. The number of unbranched alkanes of at least 4 members (excludes halogenated alkanes) is 2. The number of ketones is 1. The van der Waals surface area contributed by atoms with Crippen LogP contribution in [-0.4, -0.2) is 188 Å². The number of nitrogens with zero attached hydrogens (tertiary/aromatic N) is 3. The predicted octanol–water partition coefficient (Wildman–Crippen LogP) is 9.16. The fraction of sp³-hybridized carbons (Fsp3) is 0.644. The van der Waals surface area contributed by atoms with Crippen molar-refractivity contribution >= 4 is 41.8 Å². The molecule has 438 valence electrons. The van der Waals surface area contributed by atoms with E-state index >= 15 is 0 Å². The van der Waals surface area contributed by atoms with Gasteiger partial charge in [-0.05, 0) is 96.9 Å². The van der Waals surface area contributed by atoms with Gasteiger partial charge in [0.05, 0.1) is 143 Å². The van der Waals surface area contributed by atoms with Crippen LogP contribution >= 0.6 is 0 Å². The molecule has 1 N–H and O–H groups in total. The van der Waals surface area contributed by atoms with Crippen molar-refractivity contribution in [1.82, 2.24) is 10.2 Å².